The van der Waals surface area contributed by atoms with E-state index in [0.29, 0.717) is 12.2 Å². The van der Waals surface area contributed by atoms with Crippen LogP contribution in [0.4, 0.5) is 18.9 Å². The van der Waals surface area contributed by atoms with Gasteiger partial charge >= 0.3 is 6.18 Å². The van der Waals surface area contributed by atoms with Gasteiger partial charge in [0.25, 0.3) is 0 Å². The molecule has 0 aliphatic rings. The monoisotopic (exact) mass is 443 g/mol. The third-order valence-electron chi connectivity index (χ3n) is 4.83. The molecule has 0 spiro atoms. The lowest BCUT2D eigenvalue weighted by Gasteiger charge is -2.13. The van der Waals surface area contributed by atoms with E-state index < -0.39 is 28.8 Å². The number of hydrogen-bond acceptors (Lipinski definition) is 4. The molecule has 30 heavy (non-hydrogen) atoms. The lowest BCUT2D eigenvalue weighted by Crippen LogP contribution is -2.25. The molecule has 162 valence electrons. The van der Waals surface area contributed by atoms with E-state index in [9.17, 15) is 18.0 Å². The predicted octanol–water partition coefficient (Wildman–Crippen LogP) is 3.83. The van der Waals surface area contributed by atoms with Crippen molar-refractivity contribution >= 4 is 23.2 Å². The Hall–Kier alpha value is -2.82. The number of amides is 1. The third-order valence-corrected chi connectivity index (χ3v) is 5.28. The molecule has 0 aliphatic heterocycles. The Kier molecular flexibility index (Phi) is 5.93. The van der Waals surface area contributed by atoms with E-state index in [1.54, 1.807) is 17.1 Å². The molecular weight excluding hydrogens is 423 g/mol. The highest BCUT2D eigenvalue weighted by Gasteiger charge is 2.39. The largest absolute Gasteiger partial charge is 0.436 e. The van der Waals surface area contributed by atoms with Gasteiger partial charge in [-0.15, -0.1) is 0 Å². The lowest BCUT2D eigenvalue weighted by molar-refractivity contribution is -0.141. The van der Waals surface area contributed by atoms with Crippen LogP contribution in [-0.4, -0.2) is 35.2 Å². The van der Waals surface area contributed by atoms with Crippen LogP contribution in [-0.2, 0) is 24.1 Å². The van der Waals surface area contributed by atoms with Crippen molar-refractivity contribution < 1.29 is 18.0 Å². The maximum atomic E-state index is 13.0. The van der Waals surface area contributed by atoms with Gasteiger partial charge in [-0.1, -0.05) is 11.6 Å². The van der Waals surface area contributed by atoms with E-state index >= 15 is 0 Å². The van der Waals surface area contributed by atoms with Crippen molar-refractivity contribution in [3.63, 3.8) is 0 Å². The molecule has 0 radical (unpaired) electrons. The summed E-state index contributed by atoms with van der Waals surface area (Å²) < 4.78 is 43.5. The predicted molar refractivity (Wildman–Crippen MR) is 104 cm³/mol. The van der Waals surface area contributed by atoms with Crippen LogP contribution >= 0.6 is 11.6 Å². The first-order valence-electron chi connectivity index (χ1n) is 9.19. The summed E-state index contributed by atoms with van der Waals surface area (Å²) in [5, 5.41) is 14.1. The molecule has 3 aromatic heterocycles. The Labute approximate surface area is 175 Å². The van der Waals surface area contributed by atoms with E-state index in [1.165, 1.54) is 20.0 Å². The number of halogens is 4. The molecule has 0 aliphatic carbocycles. The number of aryl methyl sites for hydroxylation is 1. The van der Waals surface area contributed by atoms with Crippen molar-refractivity contribution in [2.24, 2.45) is 0 Å². The van der Waals surface area contributed by atoms with Gasteiger partial charge < -0.3 is 5.32 Å². The average molecular weight is 444 g/mol. The van der Waals surface area contributed by atoms with Crippen molar-refractivity contribution in [3.8, 4) is 0 Å². The van der Waals surface area contributed by atoms with Gasteiger partial charge in [0.15, 0.2) is 5.69 Å². The number of rotatable bonds is 6. The van der Waals surface area contributed by atoms with E-state index in [0.717, 1.165) is 22.5 Å². The zero-order valence-electron chi connectivity index (χ0n) is 16.8. The van der Waals surface area contributed by atoms with Gasteiger partial charge in [0.1, 0.15) is 6.04 Å². The van der Waals surface area contributed by atoms with Crippen molar-refractivity contribution in [3.05, 3.63) is 46.3 Å². The molecule has 1 unspecified atom stereocenters. The van der Waals surface area contributed by atoms with Crippen LogP contribution in [0, 0.1) is 13.8 Å². The quantitative estimate of drug-likeness (QED) is 0.627. The molecule has 12 heteroatoms. The van der Waals surface area contributed by atoms with Crippen LogP contribution in [0.1, 0.15) is 42.5 Å². The number of hydrogen-bond donors (Lipinski definition) is 1. The molecule has 0 saturated heterocycles. The van der Waals surface area contributed by atoms with E-state index in [2.05, 4.69) is 20.6 Å². The molecule has 1 amide bonds. The standard InChI is InChI=1S/C18H21ClF3N7O/c1-5-28-10(2)13(6-24-28)8-27-9-14(7-23-27)25-17(30)12(4)29-11(3)15(19)16(26-29)18(20,21)22/h6-7,9,12H,5,8H2,1-4H3,(H,25,30). The Morgan fingerprint density at radius 3 is 2.50 bits per heavy atom. The number of carbonyl (C=O) groups is 1. The zero-order valence-corrected chi connectivity index (χ0v) is 17.6. The topological polar surface area (TPSA) is 82.6 Å². The lowest BCUT2D eigenvalue weighted by atomic mass is 10.2. The first-order chi connectivity index (χ1) is 14.0. The van der Waals surface area contributed by atoms with Crippen LogP contribution in [0.3, 0.4) is 0 Å². The maximum absolute atomic E-state index is 13.0. The summed E-state index contributed by atoms with van der Waals surface area (Å²) in [6.45, 7) is 8.02. The van der Waals surface area contributed by atoms with Gasteiger partial charge in [-0.2, -0.15) is 28.5 Å². The second kappa shape index (κ2) is 8.13. The number of carbonyl (C=O) groups excluding carboxylic acids is 1. The van der Waals surface area contributed by atoms with E-state index in [-0.39, 0.29) is 5.69 Å². The number of aromatic nitrogens is 6. The molecule has 3 rings (SSSR count). The van der Waals surface area contributed by atoms with Gasteiger partial charge in [-0.05, 0) is 27.7 Å². The zero-order chi connectivity index (χ0) is 22.2. The van der Waals surface area contributed by atoms with Gasteiger partial charge in [0.2, 0.25) is 5.91 Å². The molecule has 8 nitrogen and oxygen atoms in total. The fourth-order valence-corrected chi connectivity index (χ4v) is 3.29. The van der Waals surface area contributed by atoms with Crippen molar-refractivity contribution in [1.82, 2.24) is 29.3 Å². The maximum Gasteiger partial charge on any atom is 0.436 e. The Morgan fingerprint density at radius 1 is 1.23 bits per heavy atom. The highest BCUT2D eigenvalue weighted by Crippen LogP contribution is 2.36. The SMILES string of the molecule is CCn1ncc(Cn2cc(NC(=O)C(C)n3nc(C(F)(F)F)c(Cl)c3C)cn2)c1C. The van der Waals surface area contributed by atoms with Crippen molar-refractivity contribution in [2.75, 3.05) is 5.32 Å². The third kappa shape index (κ3) is 4.20. The van der Waals surface area contributed by atoms with Crippen LogP contribution in [0.25, 0.3) is 0 Å². The van der Waals surface area contributed by atoms with Gasteiger partial charge in [0.05, 0.1) is 35.3 Å². The molecule has 1 atom stereocenters. The van der Waals surface area contributed by atoms with Crippen LogP contribution in [0.2, 0.25) is 5.02 Å². The highest BCUT2D eigenvalue weighted by molar-refractivity contribution is 6.32. The fraction of sp³-hybridized carbons (Fsp3) is 0.444. The van der Waals surface area contributed by atoms with Crippen molar-refractivity contribution in [2.45, 2.75) is 53.0 Å². The summed E-state index contributed by atoms with van der Waals surface area (Å²) >= 11 is 5.76. The van der Waals surface area contributed by atoms with Gasteiger partial charge in [-0.25, -0.2) is 0 Å². The Balaban J connectivity index is 1.72. The molecular formula is C18H21ClF3N7O. The van der Waals surface area contributed by atoms with Gasteiger partial charge in [-0.3, -0.25) is 18.8 Å². The number of nitrogens with zero attached hydrogens (tertiary/aromatic N) is 6. The van der Waals surface area contributed by atoms with Crippen LogP contribution < -0.4 is 5.32 Å². The minimum atomic E-state index is -4.70. The van der Waals surface area contributed by atoms with Gasteiger partial charge in [0, 0.05) is 24.0 Å². The van der Waals surface area contributed by atoms with Crippen LogP contribution in [0.15, 0.2) is 18.6 Å². The molecule has 0 bridgehead atoms. The van der Waals surface area contributed by atoms with E-state index in [1.807, 2.05) is 18.5 Å². The summed E-state index contributed by atoms with van der Waals surface area (Å²) in [6.07, 6.45) is 0.170. The summed E-state index contributed by atoms with van der Waals surface area (Å²) in [7, 11) is 0. The van der Waals surface area contributed by atoms with E-state index in [4.69, 9.17) is 11.6 Å². The van der Waals surface area contributed by atoms with Crippen LogP contribution in [0.5, 0.6) is 0 Å². The molecule has 0 fully saturated rings. The minimum absolute atomic E-state index is 0.0609. The normalized spacial score (nSPS) is 12.9. The second-order valence-corrected chi connectivity index (χ2v) is 7.23. The smallest absolute Gasteiger partial charge is 0.322 e. The summed E-state index contributed by atoms with van der Waals surface area (Å²) in [5.74, 6) is -0.541. The molecule has 1 N–H and O–H groups in total. The Morgan fingerprint density at radius 2 is 1.93 bits per heavy atom. The fourth-order valence-electron chi connectivity index (χ4n) is 3.06. The molecule has 0 aromatic carbocycles. The summed E-state index contributed by atoms with van der Waals surface area (Å²) in [5.41, 5.74) is 1.29. The highest BCUT2D eigenvalue weighted by atomic mass is 35.5. The molecule has 3 heterocycles. The average Bonchev–Trinajstić information content (AvgIpc) is 3.34. The first-order valence-corrected chi connectivity index (χ1v) is 9.57. The second-order valence-electron chi connectivity index (χ2n) is 6.85. The molecule has 0 saturated carbocycles. The Bertz CT molecular complexity index is 1070. The summed E-state index contributed by atoms with van der Waals surface area (Å²) in [6, 6.07) is -1.01. The molecule has 3 aromatic rings. The number of anilines is 1. The minimum Gasteiger partial charge on any atom is -0.322 e. The first kappa shape index (κ1) is 21.9. The number of alkyl halides is 3. The number of nitrogens with one attached hydrogen (secondary N) is 1. The van der Waals surface area contributed by atoms with Crippen molar-refractivity contribution in [1.29, 1.82) is 0 Å². The summed E-state index contributed by atoms with van der Waals surface area (Å²) in [4.78, 5) is 12.6.